The summed E-state index contributed by atoms with van der Waals surface area (Å²) in [6, 6.07) is 12.3. The zero-order valence-corrected chi connectivity index (χ0v) is 35.0. The number of rotatable bonds is 12. The molecule has 0 unspecified atom stereocenters. The molecule has 15 heteroatoms. The number of piperazine rings is 1. The van der Waals surface area contributed by atoms with E-state index in [2.05, 4.69) is 79.4 Å². The van der Waals surface area contributed by atoms with Gasteiger partial charge >= 0.3 is 6.03 Å². The van der Waals surface area contributed by atoms with E-state index in [0.29, 0.717) is 23.7 Å². The molecule has 0 saturated carbocycles. The number of anilines is 2. The first-order chi connectivity index (χ1) is 29.1. The number of pyridine rings is 3. The predicted octanol–water partition coefficient (Wildman–Crippen LogP) is 5.19. The SMILES string of the molecule is CCCc1cc(C)[nH]c(=O)c1CNC(=O)c1cc(-c2ccc(N3CCN(C4CCN(Cc5ccncc5N5CCC(=O)NC5=O)CC4)CC3)nc2)cc2c1cnn2C(C)C. The first-order valence-corrected chi connectivity index (χ1v) is 21.3. The fourth-order valence-electron chi connectivity index (χ4n) is 8.98. The Labute approximate surface area is 350 Å². The zero-order chi connectivity index (χ0) is 41.9. The molecule has 15 nitrogen and oxygen atoms in total. The second kappa shape index (κ2) is 17.7. The summed E-state index contributed by atoms with van der Waals surface area (Å²) in [4.78, 5) is 72.2. The number of carbonyl (C=O) groups excluding carboxylic acids is 3. The van der Waals surface area contributed by atoms with Crippen LogP contribution < -0.4 is 26.0 Å². The average molecular weight is 814 g/mol. The van der Waals surface area contributed by atoms with E-state index >= 15 is 0 Å². The van der Waals surface area contributed by atoms with Gasteiger partial charge < -0.3 is 15.2 Å². The number of likely N-dealkylation sites (tertiary alicyclic amines) is 1. The summed E-state index contributed by atoms with van der Waals surface area (Å²) in [6.07, 6.45) is 11.2. The van der Waals surface area contributed by atoms with Crippen LogP contribution in [0.5, 0.6) is 0 Å². The number of aromatic amines is 1. The molecular weight excluding hydrogens is 759 g/mol. The van der Waals surface area contributed by atoms with Crippen molar-refractivity contribution >= 4 is 40.3 Å². The molecule has 7 heterocycles. The maximum absolute atomic E-state index is 13.9. The normalized spacial score (nSPS) is 17.1. The standard InChI is InChI=1S/C45H55N11O4/c1-5-6-31-21-30(4)50-44(59)37(31)25-48-43(58)36-22-34(23-39-38(36)26-49-56(39)29(2)3)32-7-8-41(47-24-32)54-19-17-53(18-20-54)35-10-14-52(15-11-35)28-33-9-13-46-27-40(33)55-16-12-42(57)51-45(55)60/h7-9,13,21-24,26-27,29,35H,5-6,10-12,14-20,25,28H2,1-4H3,(H,48,58)(H,50,59)(H,51,57,60). The van der Waals surface area contributed by atoms with Crippen molar-refractivity contribution in [3.8, 4) is 11.1 Å². The Morgan fingerprint density at radius 1 is 0.917 bits per heavy atom. The highest BCUT2D eigenvalue weighted by molar-refractivity contribution is 6.08. The molecule has 0 spiro atoms. The monoisotopic (exact) mass is 813 g/mol. The number of imide groups is 1. The summed E-state index contributed by atoms with van der Waals surface area (Å²) < 4.78 is 1.93. The Kier molecular flexibility index (Phi) is 12.1. The van der Waals surface area contributed by atoms with Gasteiger partial charge in [0.1, 0.15) is 5.82 Å². The second-order valence-corrected chi connectivity index (χ2v) is 16.6. The fourth-order valence-corrected chi connectivity index (χ4v) is 8.98. The van der Waals surface area contributed by atoms with Crippen LogP contribution >= 0.6 is 0 Å². The van der Waals surface area contributed by atoms with Gasteiger partial charge in [0.15, 0.2) is 0 Å². The minimum absolute atomic E-state index is 0.0913. The number of aryl methyl sites for hydroxylation is 2. The van der Waals surface area contributed by atoms with Gasteiger partial charge in [-0.05, 0) is 106 Å². The van der Waals surface area contributed by atoms with Gasteiger partial charge in [-0.15, -0.1) is 0 Å². The van der Waals surface area contributed by atoms with Gasteiger partial charge in [0.05, 0.1) is 29.2 Å². The fraction of sp³-hybridized carbons (Fsp3) is 0.444. The van der Waals surface area contributed by atoms with Gasteiger partial charge in [-0.2, -0.15) is 5.10 Å². The number of benzene rings is 1. The van der Waals surface area contributed by atoms with Crippen LogP contribution in [0.25, 0.3) is 22.0 Å². The van der Waals surface area contributed by atoms with Crippen LogP contribution in [-0.4, -0.2) is 104 Å². The topological polar surface area (TPSA) is 165 Å². The van der Waals surface area contributed by atoms with E-state index in [1.165, 1.54) is 0 Å². The predicted molar refractivity (Wildman–Crippen MR) is 232 cm³/mol. The van der Waals surface area contributed by atoms with Gasteiger partial charge in [0.25, 0.3) is 11.5 Å². The maximum atomic E-state index is 13.9. The molecular formula is C45H55N11O4. The number of piperidine rings is 1. The number of urea groups is 1. The van der Waals surface area contributed by atoms with Crippen LogP contribution in [0, 0.1) is 6.92 Å². The number of hydrogen-bond acceptors (Lipinski definition) is 10. The second-order valence-electron chi connectivity index (χ2n) is 16.6. The number of nitrogens with zero attached hydrogens (tertiary/aromatic N) is 8. The zero-order valence-electron chi connectivity index (χ0n) is 35.0. The van der Waals surface area contributed by atoms with Gasteiger partial charge in [-0.1, -0.05) is 13.3 Å². The minimum atomic E-state index is -0.385. The quantitative estimate of drug-likeness (QED) is 0.153. The third-order valence-electron chi connectivity index (χ3n) is 12.2. The van der Waals surface area contributed by atoms with Crippen molar-refractivity contribution in [2.24, 2.45) is 0 Å². The van der Waals surface area contributed by atoms with E-state index in [4.69, 9.17) is 4.98 Å². The lowest BCUT2D eigenvalue weighted by molar-refractivity contribution is -0.120. The molecule has 0 radical (unpaired) electrons. The number of fused-ring (bicyclic) bond motifs is 1. The molecule has 3 aliphatic heterocycles. The molecule has 4 amide bonds. The number of carbonyl (C=O) groups is 3. The molecule has 1 aromatic carbocycles. The van der Waals surface area contributed by atoms with Crippen molar-refractivity contribution < 1.29 is 14.4 Å². The lowest BCUT2D eigenvalue weighted by Crippen LogP contribution is -2.53. The van der Waals surface area contributed by atoms with Gasteiger partial charge in [0, 0.05) is 98.9 Å². The van der Waals surface area contributed by atoms with Crippen LogP contribution in [0.4, 0.5) is 16.3 Å². The van der Waals surface area contributed by atoms with Crippen molar-refractivity contribution in [1.29, 1.82) is 0 Å². The summed E-state index contributed by atoms with van der Waals surface area (Å²) in [5.41, 5.74) is 7.16. The Morgan fingerprint density at radius 2 is 1.72 bits per heavy atom. The highest BCUT2D eigenvalue weighted by atomic mass is 16.2. The van der Waals surface area contributed by atoms with E-state index in [-0.39, 0.29) is 42.4 Å². The Hall–Kier alpha value is -5.93. The van der Waals surface area contributed by atoms with Crippen molar-refractivity contribution in [3.63, 3.8) is 0 Å². The first-order valence-electron chi connectivity index (χ1n) is 21.3. The highest BCUT2D eigenvalue weighted by Gasteiger charge is 2.30. The molecule has 0 atom stereocenters. The molecule has 8 rings (SSSR count). The Balaban J connectivity index is 0.894. The van der Waals surface area contributed by atoms with E-state index in [1.54, 1.807) is 23.5 Å². The van der Waals surface area contributed by atoms with E-state index in [0.717, 1.165) is 122 Å². The number of nitrogens with one attached hydrogen (secondary N) is 3. The molecule has 60 heavy (non-hydrogen) atoms. The van der Waals surface area contributed by atoms with E-state index in [1.807, 2.05) is 36.0 Å². The summed E-state index contributed by atoms with van der Waals surface area (Å²) in [6.45, 7) is 15.0. The summed E-state index contributed by atoms with van der Waals surface area (Å²) >= 11 is 0. The summed E-state index contributed by atoms with van der Waals surface area (Å²) in [5.74, 6) is 0.436. The summed E-state index contributed by atoms with van der Waals surface area (Å²) in [5, 5.41) is 10.9. The molecule has 5 aromatic rings. The van der Waals surface area contributed by atoms with Crippen LogP contribution in [0.2, 0.25) is 0 Å². The third kappa shape index (κ3) is 8.68. The smallest absolute Gasteiger partial charge is 0.328 e. The number of amides is 4. The number of H-pyrrole nitrogens is 1. The highest BCUT2D eigenvalue weighted by Crippen LogP contribution is 2.31. The Bertz CT molecular complexity index is 2430. The van der Waals surface area contributed by atoms with Crippen LogP contribution in [0.15, 0.2) is 66.0 Å². The molecule has 3 fully saturated rings. The molecule has 3 N–H and O–H groups in total. The Morgan fingerprint density at radius 3 is 2.43 bits per heavy atom. The molecule has 314 valence electrons. The van der Waals surface area contributed by atoms with E-state index < -0.39 is 0 Å². The first kappa shape index (κ1) is 40.8. The lowest BCUT2D eigenvalue weighted by Gasteiger charge is -2.43. The molecule has 0 aliphatic carbocycles. The number of hydrogen-bond donors (Lipinski definition) is 3. The van der Waals surface area contributed by atoms with Gasteiger partial charge in [-0.3, -0.25) is 44.1 Å². The van der Waals surface area contributed by atoms with Crippen molar-refractivity contribution in [2.75, 3.05) is 55.6 Å². The third-order valence-corrected chi connectivity index (χ3v) is 12.2. The van der Waals surface area contributed by atoms with Crippen LogP contribution in [0.1, 0.15) is 85.2 Å². The number of aromatic nitrogens is 5. The van der Waals surface area contributed by atoms with Crippen molar-refractivity contribution in [1.82, 2.24) is 45.2 Å². The molecule has 0 bridgehead atoms. The lowest BCUT2D eigenvalue weighted by atomic mass is 10.00. The van der Waals surface area contributed by atoms with E-state index in [9.17, 15) is 19.2 Å². The molecule has 3 saturated heterocycles. The molecule has 4 aromatic heterocycles. The molecule has 3 aliphatic rings. The van der Waals surface area contributed by atoms with Crippen molar-refractivity contribution in [3.05, 3.63) is 99.5 Å². The summed E-state index contributed by atoms with van der Waals surface area (Å²) in [7, 11) is 0. The maximum Gasteiger partial charge on any atom is 0.328 e. The van der Waals surface area contributed by atoms with Crippen molar-refractivity contribution in [2.45, 2.75) is 85.0 Å². The minimum Gasteiger partial charge on any atom is -0.354 e. The van der Waals surface area contributed by atoms with Gasteiger partial charge in [-0.25, -0.2) is 9.78 Å². The largest absolute Gasteiger partial charge is 0.354 e. The average Bonchev–Trinajstić information content (AvgIpc) is 3.69. The van der Waals surface area contributed by atoms with Crippen LogP contribution in [0.3, 0.4) is 0 Å². The van der Waals surface area contributed by atoms with Gasteiger partial charge in [0.2, 0.25) is 5.91 Å². The van der Waals surface area contributed by atoms with Crippen LogP contribution in [-0.2, 0) is 24.3 Å².